The van der Waals surface area contributed by atoms with Crippen molar-refractivity contribution < 1.29 is 44.3 Å². The number of rotatable bonds is 1. The fraction of sp³-hybridized carbons (Fsp3) is 0. The normalized spacial score (nSPS) is 11.0. The fourth-order valence-electron chi connectivity index (χ4n) is 0.885. The van der Waals surface area contributed by atoms with E-state index in [1.54, 1.807) is 0 Å². The van der Waals surface area contributed by atoms with Crippen molar-refractivity contribution in [1.29, 1.82) is 0 Å². The minimum absolute atomic E-state index is 0. The molecule has 5 nitrogen and oxygen atoms in total. The van der Waals surface area contributed by atoms with Gasteiger partial charge in [0.05, 0.1) is 0 Å². The molecule has 0 fully saturated rings. The van der Waals surface area contributed by atoms with E-state index in [1.165, 1.54) is 10.9 Å². The van der Waals surface area contributed by atoms with Crippen molar-refractivity contribution in [2.24, 2.45) is 0 Å². The second kappa shape index (κ2) is 31.5. The molecule has 0 spiro atoms. The summed E-state index contributed by atoms with van der Waals surface area (Å²) in [6.07, 6.45) is 0. The van der Waals surface area contributed by atoms with E-state index in [0.29, 0.717) is 0 Å². The SMILES string of the molecule is Cl[P@@]1C=C1c1ccccc1.[C-]#[O+].[C-]#[O+].[C-]#[O+].[C-]#[O+].[C-]#[O+].[W]. The summed E-state index contributed by atoms with van der Waals surface area (Å²) in [5, 5.41) is 1.33. The minimum atomic E-state index is -0.346. The van der Waals surface area contributed by atoms with Crippen LogP contribution in [0.2, 0.25) is 0 Å². The summed E-state index contributed by atoms with van der Waals surface area (Å²) in [7, 11) is -0.346. The Morgan fingerprint density at radius 3 is 1.24 bits per heavy atom. The van der Waals surface area contributed by atoms with Crippen molar-refractivity contribution >= 4 is 23.8 Å². The van der Waals surface area contributed by atoms with E-state index < -0.39 is 0 Å². The van der Waals surface area contributed by atoms with Crippen molar-refractivity contribution in [3.05, 3.63) is 75.0 Å². The van der Waals surface area contributed by atoms with Gasteiger partial charge in [0.2, 0.25) is 0 Å². The van der Waals surface area contributed by atoms with Gasteiger partial charge in [-0.1, -0.05) is 41.6 Å². The molecular formula is C13H6ClO5PW. The van der Waals surface area contributed by atoms with Gasteiger partial charge in [-0.3, -0.25) is 0 Å². The van der Waals surface area contributed by atoms with Crippen molar-refractivity contribution in [2.45, 2.75) is 0 Å². The smallest absolute Gasteiger partial charge is 0 e. The Kier molecular flexibility index (Phi) is 48.1. The van der Waals surface area contributed by atoms with Gasteiger partial charge in [-0.15, -0.1) is 0 Å². The van der Waals surface area contributed by atoms with Gasteiger partial charge in [0.15, 0.2) is 0 Å². The van der Waals surface area contributed by atoms with E-state index in [0.717, 1.165) is 0 Å². The zero-order chi connectivity index (χ0) is 17.0. The van der Waals surface area contributed by atoms with Crippen LogP contribution in [0.15, 0.2) is 36.1 Å². The van der Waals surface area contributed by atoms with E-state index in [2.05, 4.69) is 51.2 Å². The minimum Gasteiger partial charge on any atom is 0 e. The van der Waals surface area contributed by atoms with Crippen molar-refractivity contribution in [3.8, 4) is 0 Å². The molecule has 0 radical (unpaired) electrons. The van der Waals surface area contributed by atoms with Gasteiger partial charge in [0, 0.05) is 33.7 Å². The zero-order valence-electron chi connectivity index (χ0n) is 10.2. The molecule has 0 aliphatic carbocycles. The summed E-state index contributed by atoms with van der Waals surface area (Å²) in [4.78, 5) is 0. The molecule has 8 heteroatoms. The van der Waals surface area contributed by atoms with Crippen LogP contribution in [-0.4, -0.2) is 0 Å². The van der Waals surface area contributed by atoms with Crippen LogP contribution < -0.4 is 0 Å². The van der Waals surface area contributed by atoms with Crippen LogP contribution in [0.3, 0.4) is 0 Å². The van der Waals surface area contributed by atoms with Crippen LogP contribution in [0.4, 0.5) is 0 Å². The first-order valence-electron chi connectivity index (χ1n) is 4.12. The maximum absolute atomic E-state index is 7.50. The first-order chi connectivity index (χ1) is 9.88. The predicted octanol–water partition coefficient (Wildman–Crippen LogP) is 3.44. The molecule has 0 bridgehead atoms. The molecule has 21 heavy (non-hydrogen) atoms. The van der Waals surface area contributed by atoms with Crippen molar-refractivity contribution in [2.75, 3.05) is 0 Å². The van der Waals surface area contributed by atoms with Crippen molar-refractivity contribution in [3.63, 3.8) is 0 Å². The quantitative estimate of drug-likeness (QED) is 0.326. The van der Waals surface area contributed by atoms with Crippen LogP contribution in [0.5, 0.6) is 0 Å². The molecule has 1 aromatic rings. The summed E-state index contributed by atoms with van der Waals surface area (Å²) < 4.78 is 37.5. The van der Waals surface area contributed by atoms with Crippen LogP contribution in [0, 0.1) is 33.3 Å². The van der Waals surface area contributed by atoms with Gasteiger partial charge in [0.1, 0.15) is 0 Å². The maximum atomic E-state index is 7.50. The molecule has 2 rings (SSSR count). The standard InChI is InChI=1S/C8H6ClP.5CO.W/c9-10-6-8(10)7-4-2-1-3-5-7;5*1-2;/h1-6H;;;;;;/t10-;;;;;;/m0....../s1. The average Bonchev–Trinajstić information content (AvgIpc) is 3.34. The van der Waals surface area contributed by atoms with E-state index in [9.17, 15) is 0 Å². The Morgan fingerprint density at radius 1 is 0.714 bits per heavy atom. The van der Waals surface area contributed by atoms with Crippen LogP contribution in [0.1, 0.15) is 5.56 Å². The average molecular weight is 492 g/mol. The number of benzene rings is 1. The third-order valence-corrected chi connectivity index (χ3v) is 3.36. The molecule has 1 aliphatic rings. The topological polar surface area (TPSA) is 99.5 Å². The largest absolute Gasteiger partial charge is 0 e. The summed E-state index contributed by atoms with van der Waals surface area (Å²) >= 11 is 5.86. The Hall–Kier alpha value is -0.932. The van der Waals surface area contributed by atoms with E-state index >= 15 is 0 Å². The van der Waals surface area contributed by atoms with Gasteiger partial charge >= 0.3 is 56.5 Å². The van der Waals surface area contributed by atoms with E-state index in [4.69, 9.17) is 34.5 Å². The number of halogens is 1. The third-order valence-electron chi connectivity index (χ3n) is 1.47. The maximum Gasteiger partial charge on any atom is 0 e. The predicted molar refractivity (Wildman–Crippen MR) is 66.8 cm³/mol. The van der Waals surface area contributed by atoms with Crippen LogP contribution in [-0.2, 0) is 44.3 Å². The van der Waals surface area contributed by atoms with Gasteiger partial charge in [-0.25, -0.2) is 0 Å². The van der Waals surface area contributed by atoms with E-state index in [-0.39, 0.29) is 28.3 Å². The van der Waals surface area contributed by atoms with Crippen LogP contribution in [0.25, 0.3) is 5.31 Å². The molecule has 0 saturated carbocycles. The molecule has 1 heterocycles. The molecule has 1 aliphatic heterocycles. The molecule has 0 aromatic heterocycles. The molecule has 0 saturated heterocycles. The second-order valence-corrected chi connectivity index (χ2v) is 4.65. The molecule has 106 valence electrons. The van der Waals surface area contributed by atoms with Gasteiger partial charge in [0.25, 0.3) is 0 Å². The van der Waals surface area contributed by atoms with Gasteiger partial charge < -0.3 is 0 Å². The van der Waals surface area contributed by atoms with Crippen LogP contribution >= 0.6 is 18.5 Å². The third kappa shape index (κ3) is 19.1. The Bertz CT molecular complexity index is 430. The summed E-state index contributed by atoms with van der Waals surface area (Å²) in [6.45, 7) is 22.5. The first kappa shape index (κ1) is 32.1. The molecule has 0 N–H and O–H groups in total. The molecule has 0 unspecified atom stereocenters. The Labute approximate surface area is 143 Å². The first-order valence-corrected chi connectivity index (χ1v) is 6.44. The Morgan fingerprint density at radius 2 is 1.00 bits per heavy atom. The van der Waals surface area contributed by atoms with Gasteiger partial charge in [-0.2, -0.15) is 0 Å². The van der Waals surface area contributed by atoms with E-state index in [1.807, 2.05) is 18.2 Å². The molecule has 1 aromatic carbocycles. The second-order valence-electron chi connectivity index (χ2n) is 2.19. The molecule has 0 amide bonds. The summed E-state index contributed by atoms with van der Waals surface area (Å²) in [5.74, 6) is 2.12. The summed E-state index contributed by atoms with van der Waals surface area (Å²) in [5.41, 5.74) is 1.28. The van der Waals surface area contributed by atoms with Crippen molar-refractivity contribution in [1.82, 2.24) is 0 Å². The zero-order valence-corrected chi connectivity index (χ0v) is 14.8. The summed E-state index contributed by atoms with van der Waals surface area (Å²) in [6, 6.07) is 10.3. The number of hydrogen-bond acceptors (Lipinski definition) is 0. The Balaban J connectivity index is -0.0000000674. The monoisotopic (exact) mass is 492 g/mol. The fourth-order valence-corrected chi connectivity index (χ4v) is 2.55. The number of hydrogen-bond donors (Lipinski definition) is 0. The molecular weight excluding hydrogens is 486 g/mol. The van der Waals surface area contributed by atoms with Gasteiger partial charge in [-0.05, 0) is 11.4 Å². The molecule has 1 atom stereocenters.